The quantitative estimate of drug-likeness (QED) is 0.784. The molecule has 0 aliphatic carbocycles. The number of carbonyl (C=O) groups is 1. The number of benzene rings is 1. The lowest BCUT2D eigenvalue weighted by molar-refractivity contribution is 0.0950. The van der Waals surface area contributed by atoms with Crippen LogP contribution in [-0.2, 0) is 0 Å². The minimum absolute atomic E-state index is 0.187. The third-order valence-electron chi connectivity index (χ3n) is 3.12. The Bertz CT molecular complexity index is 638. The van der Waals surface area contributed by atoms with Crippen LogP contribution in [0.1, 0.15) is 37.2 Å². The van der Waals surface area contributed by atoms with Crippen molar-refractivity contribution >= 4 is 28.9 Å². The van der Waals surface area contributed by atoms with Crippen molar-refractivity contribution in [1.82, 2.24) is 5.32 Å². The van der Waals surface area contributed by atoms with E-state index in [9.17, 15) is 4.79 Å². The van der Waals surface area contributed by atoms with Crippen molar-refractivity contribution in [3.05, 3.63) is 48.4 Å². The maximum atomic E-state index is 11.8. The summed E-state index contributed by atoms with van der Waals surface area (Å²) in [5, 5.41) is 5.70. The molecule has 0 aliphatic heterocycles. The standard InChI is InChI=1S/C17H20N2O3S/c1-3-5-12(2)22-14-9-7-13(8-10-14)18-17(23)19-16(20)15-6-4-11-21-15/h4,6-12H,3,5H2,1-2H3,(H2,18,19,20,23). The average molecular weight is 332 g/mol. The van der Waals surface area contributed by atoms with Crippen LogP contribution in [0.2, 0.25) is 0 Å². The number of furan rings is 1. The van der Waals surface area contributed by atoms with Crippen LogP contribution in [0, 0.1) is 0 Å². The highest BCUT2D eigenvalue weighted by atomic mass is 32.1. The van der Waals surface area contributed by atoms with E-state index < -0.39 is 0 Å². The second kappa shape index (κ2) is 8.33. The predicted octanol–water partition coefficient (Wildman–Crippen LogP) is 3.97. The van der Waals surface area contributed by atoms with Gasteiger partial charge < -0.3 is 14.5 Å². The molecule has 2 rings (SSSR count). The van der Waals surface area contributed by atoms with Crippen molar-refractivity contribution in [3.8, 4) is 5.75 Å². The first kappa shape index (κ1) is 17.0. The van der Waals surface area contributed by atoms with Crippen molar-refractivity contribution in [2.45, 2.75) is 32.8 Å². The molecule has 2 N–H and O–H groups in total. The maximum absolute atomic E-state index is 11.8. The molecule has 1 unspecified atom stereocenters. The van der Waals surface area contributed by atoms with Gasteiger partial charge in [-0.1, -0.05) is 13.3 Å². The Labute approximate surface area is 141 Å². The molecule has 5 nitrogen and oxygen atoms in total. The molecule has 0 radical (unpaired) electrons. The van der Waals surface area contributed by atoms with Gasteiger partial charge in [0.25, 0.3) is 5.91 Å². The van der Waals surface area contributed by atoms with Gasteiger partial charge >= 0.3 is 0 Å². The Morgan fingerprint density at radius 3 is 2.65 bits per heavy atom. The Morgan fingerprint density at radius 2 is 2.04 bits per heavy atom. The molecule has 122 valence electrons. The summed E-state index contributed by atoms with van der Waals surface area (Å²) in [4.78, 5) is 11.8. The van der Waals surface area contributed by atoms with Crippen molar-refractivity contribution < 1.29 is 13.9 Å². The zero-order valence-electron chi connectivity index (χ0n) is 13.2. The Kier molecular flexibility index (Phi) is 6.17. The molecule has 0 bridgehead atoms. The third-order valence-corrected chi connectivity index (χ3v) is 3.32. The zero-order chi connectivity index (χ0) is 16.7. The number of nitrogens with one attached hydrogen (secondary N) is 2. The average Bonchev–Trinajstić information content (AvgIpc) is 3.04. The lowest BCUT2D eigenvalue weighted by Gasteiger charge is -2.14. The smallest absolute Gasteiger partial charge is 0.293 e. The number of anilines is 1. The second-order valence-electron chi connectivity index (χ2n) is 5.13. The van der Waals surface area contributed by atoms with Crippen LogP contribution in [-0.4, -0.2) is 17.1 Å². The highest BCUT2D eigenvalue weighted by Crippen LogP contribution is 2.18. The lowest BCUT2D eigenvalue weighted by Crippen LogP contribution is -2.33. The molecule has 1 aromatic heterocycles. The van der Waals surface area contributed by atoms with Crippen molar-refractivity contribution in [2.75, 3.05) is 5.32 Å². The fourth-order valence-electron chi connectivity index (χ4n) is 2.05. The Balaban J connectivity index is 1.85. The summed E-state index contributed by atoms with van der Waals surface area (Å²) < 4.78 is 10.8. The van der Waals surface area contributed by atoms with Gasteiger partial charge in [0.15, 0.2) is 10.9 Å². The lowest BCUT2D eigenvalue weighted by atomic mass is 10.2. The number of thiocarbonyl (C=S) groups is 1. The van der Waals surface area contributed by atoms with Gasteiger partial charge in [-0.3, -0.25) is 10.1 Å². The molecule has 1 heterocycles. The van der Waals surface area contributed by atoms with Crippen LogP contribution in [0.5, 0.6) is 5.75 Å². The van der Waals surface area contributed by atoms with E-state index in [2.05, 4.69) is 24.5 Å². The summed E-state index contributed by atoms with van der Waals surface area (Å²) >= 11 is 5.11. The molecule has 2 aromatic rings. The van der Waals surface area contributed by atoms with Gasteiger partial charge in [0, 0.05) is 5.69 Å². The van der Waals surface area contributed by atoms with E-state index >= 15 is 0 Å². The summed E-state index contributed by atoms with van der Waals surface area (Å²) in [6, 6.07) is 10.6. The van der Waals surface area contributed by atoms with Gasteiger partial charge in [0.05, 0.1) is 12.4 Å². The minimum Gasteiger partial charge on any atom is -0.491 e. The molecule has 0 fully saturated rings. The molecule has 1 atom stereocenters. The predicted molar refractivity (Wildman–Crippen MR) is 93.8 cm³/mol. The van der Waals surface area contributed by atoms with E-state index in [-0.39, 0.29) is 22.9 Å². The molecule has 0 saturated heterocycles. The molecule has 0 spiro atoms. The van der Waals surface area contributed by atoms with Crippen LogP contribution >= 0.6 is 12.2 Å². The number of ether oxygens (including phenoxy) is 1. The van der Waals surface area contributed by atoms with Gasteiger partial charge in [-0.2, -0.15) is 0 Å². The molecule has 23 heavy (non-hydrogen) atoms. The van der Waals surface area contributed by atoms with Crippen molar-refractivity contribution in [1.29, 1.82) is 0 Å². The SMILES string of the molecule is CCCC(C)Oc1ccc(NC(=S)NC(=O)c2ccco2)cc1. The number of carbonyl (C=O) groups excluding carboxylic acids is 1. The van der Waals surface area contributed by atoms with E-state index in [0.717, 1.165) is 24.3 Å². The normalized spacial score (nSPS) is 11.6. The van der Waals surface area contributed by atoms with Gasteiger partial charge in [-0.25, -0.2) is 0 Å². The van der Waals surface area contributed by atoms with Crippen LogP contribution < -0.4 is 15.4 Å². The fourth-order valence-corrected chi connectivity index (χ4v) is 2.26. The Hall–Kier alpha value is -2.34. The summed E-state index contributed by atoms with van der Waals surface area (Å²) in [7, 11) is 0. The van der Waals surface area contributed by atoms with Crippen LogP contribution in [0.25, 0.3) is 0 Å². The number of rotatable bonds is 6. The molecule has 1 aromatic carbocycles. The van der Waals surface area contributed by atoms with E-state index in [4.69, 9.17) is 21.4 Å². The highest BCUT2D eigenvalue weighted by molar-refractivity contribution is 7.80. The number of amides is 1. The molecule has 1 amide bonds. The molecule has 6 heteroatoms. The topological polar surface area (TPSA) is 63.5 Å². The number of hydrogen-bond acceptors (Lipinski definition) is 4. The molecule has 0 aliphatic rings. The van der Waals surface area contributed by atoms with Crippen LogP contribution in [0.4, 0.5) is 5.69 Å². The monoisotopic (exact) mass is 332 g/mol. The third kappa shape index (κ3) is 5.41. The van der Waals surface area contributed by atoms with Crippen LogP contribution in [0.3, 0.4) is 0 Å². The van der Waals surface area contributed by atoms with E-state index in [1.807, 2.05) is 24.3 Å². The van der Waals surface area contributed by atoms with Crippen molar-refractivity contribution in [2.24, 2.45) is 0 Å². The number of hydrogen-bond donors (Lipinski definition) is 2. The summed E-state index contributed by atoms with van der Waals surface area (Å²) in [5.74, 6) is 0.630. The molecule has 0 saturated carbocycles. The first-order valence-electron chi connectivity index (χ1n) is 7.51. The largest absolute Gasteiger partial charge is 0.491 e. The van der Waals surface area contributed by atoms with E-state index in [0.29, 0.717) is 0 Å². The second-order valence-corrected chi connectivity index (χ2v) is 5.54. The fraction of sp³-hybridized carbons (Fsp3) is 0.294. The maximum Gasteiger partial charge on any atom is 0.293 e. The van der Waals surface area contributed by atoms with Crippen LogP contribution in [0.15, 0.2) is 47.1 Å². The van der Waals surface area contributed by atoms with Gasteiger partial charge in [0.2, 0.25) is 0 Å². The summed E-state index contributed by atoms with van der Waals surface area (Å²) in [6.45, 7) is 4.18. The minimum atomic E-state index is -0.388. The molecular formula is C17H20N2O3S. The van der Waals surface area contributed by atoms with E-state index in [1.165, 1.54) is 6.26 Å². The van der Waals surface area contributed by atoms with Crippen molar-refractivity contribution in [3.63, 3.8) is 0 Å². The van der Waals surface area contributed by atoms with Gasteiger partial charge in [0.1, 0.15) is 5.75 Å². The first-order valence-corrected chi connectivity index (χ1v) is 7.92. The first-order chi connectivity index (χ1) is 11.1. The Morgan fingerprint density at radius 1 is 1.30 bits per heavy atom. The summed E-state index contributed by atoms with van der Waals surface area (Å²) in [6.07, 6.45) is 3.73. The van der Waals surface area contributed by atoms with Gasteiger partial charge in [-0.15, -0.1) is 0 Å². The summed E-state index contributed by atoms with van der Waals surface area (Å²) in [5.41, 5.74) is 0.769. The molecular weight excluding hydrogens is 312 g/mol. The zero-order valence-corrected chi connectivity index (χ0v) is 14.0. The highest BCUT2D eigenvalue weighted by Gasteiger charge is 2.10. The van der Waals surface area contributed by atoms with Gasteiger partial charge in [-0.05, 0) is 62.0 Å². The van der Waals surface area contributed by atoms with E-state index in [1.54, 1.807) is 12.1 Å².